The molecular weight excluding hydrogens is 687 g/mol. The molecule has 0 spiro atoms. The van der Waals surface area contributed by atoms with E-state index < -0.39 is 0 Å². The number of rotatable bonds is 6. The highest BCUT2D eigenvalue weighted by Crippen LogP contribution is 2.49. The summed E-state index contributed by atoms with van der Waals surface area (Å²) in [5.41, 5.74) is 12.4. The van der Waals surface area contributed by atoms with E-state index in [1.54, 1.807) is 0 Å². The van der Waals surface area contributed by atoms with Crippen LogP contribution in [0.4, 0.5) is 0 Å². The van der Waals surface area contributed by atoms with Crippen LogP contribution in [0.5, 0.6) is 0 Å². The Hall–Kier alpha value is -7.63. The Balaban J connectivity index is 1.21. The quantitative estimate of drug-likeness (QED) is 0.171. The zero-order valence-corrected chi connectivity index (χ0v) is 30.1. The first-order valence-corrected chi connectivity index (χ1v) is 18.7. The molecule has 5 heteroatoms. The highest BCUT2D eigenvalue weighted by molar-refractivity contribution is 6.21. The molecule has 0 bridgehead atoms. The number of nitrogens with zero attached hydrogens (tertiary/aromatic N) is 3. The van der Waals surface area contributed by atoms with Crippen LogP contribution in [0.15, 0.2) is 197 Å². The number of fused-ring (bicyclic) bond motifs is 6. The molecule has 11 aromatic rings. The van der Waals surface area contributed by atoms with E-state index in [0.717, 1.165) is 106 Å². The van der Waals surface area contributed by atoms with Crippen molar-refractivity contribution in [2.45, 2.75) is 0 Å². The van der Waals surface area contributed by atoms with Gasteiger partial charge < -0.3 is 8.83 Å². The Labute approximate surface area is 322 Å². The van der Waals surface area contributed by atoms with Crippen LogP contribution >= 0.6 is 0 Å². The molecule has 0 fully saturated rings. The lowest BCUT2D eigenvalue weighted by Crippen LogP contribution is -1.96. The molecule has 0 atom stereocenters. The third kappa shape index (κ3) is 5.29. The van der Waals surface area contributed by atoms with E-state index in [9.17, 15) is 0 Å². The average Bonchev–Trinajstić information content (AvgIpc) is 3.87. The molecule has 56 heavy (non-hydrogen) atoms. The van der Waals surface area contributed by atoms with Crippen LogP contribution in [0, 0.1) is 0 Å². The fourth-order valence-electron chi connectivity index (χ4n) is 7.89. The highest BCUT2D eigenvalue weighted by Gasteiger charge is 2.27. The van der Waals surface area contributed by atoms with Gasteiger partial charge in [0.25, 0.3) is 0 Å². The van der Waals surface area contributed by atoms with Gasteiger partial charge >= 0.3 is 0 Å². The Kier molecular flexibility index (Phi) is 7.42. The molecule has 7 aromatic carbocycles. The van der Waals surface area contributed by atoms with Gasteiger partial charge in [0.1, 0.15) is 22.6 Å². The SMILES string of the molecule is c1ccc(-c2cc(-c3cccc(-c4oc5c(-c6ccccc6)nc6ccccc6c5c4-c4cccc5c4oc4ccccc45)c3)nc(-c3ccccc3)n2)cc1. The van der Waals surface area contributed by atoms with E-state index in [2.05, 4.69) is 103 Å². The molecule has 4 aromatic heterocycles. The molecule has 5 nitrogen and oxygen atoms in total. The molecule has 262 valence electrons. The summed E-state index contributed by atoms with van der Waals surface area (Å²) in [6.07, 6.45) is 0. The molecule has 0 N–H and O–H groups in total. The van der Waals surface area contributed by atoms with E-state index in [1.165, 1.54) is 0 Å². The number of hydrogen-bond acceptors (Lipinski definition) is 5. The summed E-state index contributed by atoms with van der Waals surface area (Å²) >= 11 is 0. The lowest BCUT2D eigenvalue weighted by atomic mass is 9.93. The summed E-state index contributed by atoms with van der Waals surface area (Å²) in [6, 6.07) is 64.1. The van der Waals surface area contributed by atoms with Crippen molar-refractivity contribution >= 4 is 43.8 Å². The fourth-order valence-corrected chi connectivity index (χ4v) is 7.89. The fraction of sp³-hybridized carbons (Fsp3) is 0. The number of pyridine rings is 1. The largest absolute Gasteiger partial charge is 0.455 e. The van der Waals surface area contributed by atoms with Crippen molar-refractivity contribution in [2.24, 2.45) is 0 Å². The van der Waals surface area contributed by atoms with Crippen LogP contribution in [0.25, 0.3) is 111 Å². The maximum absolute atomic E-state index is 7.20. The minimum atomic E-state index is 0.665. The first-order chi connectivity index (χ1) is 27.8. The van der Waals surface area contributed by atoms with E-state index in [4.69, 9.17) is 23.8 Å². The zero-order valence-electron chi connectivity index (χ0n) is 30.1. The van der Waals surface area contributed by atoms with Crippen molar-refractivity contribution in [2.75, 3.05) is 0 Å². The molecule has 0 aliphatic heterocycles. The predicted molar refractivity (Wildman–Crippen MR) is 227 cm³/mol. The van der Waals surface area contributed by atoms with Gasteiger partial charge in [-0.2, -0.15) is 0 Å². The van der Waals surface area contributed by atoms with Crippen molar-refractivity contribution in [1.29, 1.82) is 0 Å². The van der Waals surface area contributed by atoms with E-state index in [1.807, 2.05) is 84.9 Å². The Morgan fingerprint density at radius 3 is 1.75 bits per heavy atom. The molecule has 0 radical (unpaired) electrons. The van der Waals surface area contributed by atoms with Crippen LogP contribution in [0.1, 0.15) is 0 Å². The molecular formula is C51H31N3O2. The second-order valence-corrected chi connectivity index (χ2v) is 13.9. The maximum Gasteiger partial charge on any atom is 0.162 e. The molecule has 11 rings (SSSR count). The highest BCUT2D eigenvalue weighted by atomic mass is 16.3. The topological polar surface area (TPSA) is 65.0 Å². The van der Waals surface area contributed by atoms with Crippen LogP contribution in [0.3, 0.4) is 0 Å². The van der Waals surface area contributed by atoms with Crippen molar-refractivity contribution in [3.63, 3.8) is 0 Å². The Morgan fingerprint density at radius 1 is 0.375 bits per heavy atom. The van der Waals surface area contributed by atoms with Gasteiger partial charge in [0, 0.05) is 60.5 Å². The van der Waals surface area contributed by atoms with Crippen LogP contribution in [-0.4, -0.2) is 15.0 Å². The Morgan fingerprint density at radius 2 is 0.964 bits per heavy atom. The summed E-state index contributed by atoms with van der Waals surface area (Å²) in [5.74, 6) is 1.39. The lowest BCUT2D eigenvalue weighted by molar-refractivity contribution is 0.632. The van der Waals surface area contributed by atoms with Crippen molar-refractivity contribution in [3.8, 4) is 67.6 Å². The predicted octanol–water partition coefficient (Wildman–Crippen LogP) is 13.7. The molecule has 4 heterocycles. The standard InChI is InChI=1S/C51H31N3O2/c1-4-16-32(17-5-1)42-31-43(54-51(53-42)34-20-8-3-9-21-34)35-22-14-23-36(30-35)48-46(40-27-15-26-38-37-24-11-13-29-44(37)55-49(38)40)45-39-25-10-12-28-41(39)52-47(50(45)56-48)33-18-6-2-7-19-33/h1-31H. The lowest BCUT2D eigenvalue weighted by Gasteiger charge is -2.11. The summed E-state index contributed by atoms with van der Waals surface area (Å²) < 4.78 is 13.9. The van der Waals surface area contributed by atoms with Gasteiger partial charge in [-0.25, -0.2) is 15.0 Å². The third-order valence-corrected chi connectivity index (χ3v) is 10.5. The summed E-state index contributed by atoms with van der Waals surface area (Å²) in [5, 5.41) is 4.12. The van der Waals surface area contributed by atoms with Crippen molar-refractivity contribution in [1.82, 2.24) is 15.0 Å². The monoisotopic (exact) mass is 717 g/mol. The zero-order chi connectivity index (χ0) is 37.0. The number of para-hydroxylation sites is 3. The maximum atomic E-state index is 7.20. The molecule has 0 aliphatic rings. The van der Waals surface area contributed by atoms with E-state index >= 15 is 0 Å². The molecule has 0 saturated carbocycles. The van der Waals surface area contributed by atoms with Crippen LogP contribution < -0.4 is 0 Å². The van der Waals surface area contributed by atoms with Gasteiger partial charge in [-0.1, -0.05) is 164 Å². The normalized spacial score (nSPS) is 11.6. The van der Waals surface area contributed by atoms with Crippen molar-refractivity contribution in [3.05, 3.63) is 188 Å². The van der Waals surface area contributed by atoms with Gasteiger partial charge in [-0.05, 0) is 24.3 Å². The number of aromatic nitrogens is 3. The second-order valence-electron chi connectivity index (χ2n) is 13.9. The smallest absolute Gasteiger partial charge is 0.162 e. The van der Waals surface area contributed by atoms with Crippen LogP contribution in [-0.2, 0) is 0 Å². The van der Waals surface area contributed by atoms with Gasteiger partial charge in [0.15, 0.2) is 11.4 Å². The van der Waals surface area contributed by atoms with Crippen LogP contribution in [0.2, 0.25) is 0 Å². The van der Waals surface area contributed by atoms with E-state index in [-0.39, 0.29) is 0 Å². The summed E-state index contributed by atoms with van der Waals surface area (Å²) in [4.78, 5) is 15.4. The Bertz CT molecular complexity index is 3180. The van der Waals surface area contributed by atoms with E-state index in [0.29, 0.717) is 5.82 Å². The number of benzene rings is 7. The molecule has 0 saturated heterocycles. The first kappa shape index (κ1) is 31.9. The summed E-state index contributed by atoms with van der Waals surface area (Å²) in [6.45, 7) is 0. The summed E-state index contributed by atoms with van der Waals surface area (Å²) in [7, 11) is 0. The minimum absolute atomic E-state index is 0.665. The second kappa shape index (κ2) is 13.0. The van der Waals surface area contributed by atoms with Gasteiger partial charge in [0.2, 0.25) is 0 Å². The van der Waals surface area contributed by atoms with Gasteiger partial charge in [0.05, 0.1) is 16.9 Å². The molecule has 0 amide bonds. The number of furan rings is 2. The first-order valence-electron chi connectivity index (χ1n) is 18.7. The molecule has 0 aliphatic carbocycles. The van der Waals surface area contributed by atoms with Crippen molar-refractivity contribution < 1.29 is 8.83 Å². The third-order valence-electron chi connectivity index (χ3n) is 10.5. The minimum Gasteiger partial charge on any atom is -0.455 e. The average molecular weight is 718 g/mol. The van der Waals surface area contributed by atoms with Gasteiger partial charge in [-0.15, -0.1) is 0 Å². The number of hydrogen-bond donors (Lipinski definition) is 0. The molecule has 0 unspecified atom stereocenters. The van der Waals surface area contributed by atoms with Gasteiger partial charge in [-0.3, -0.25) is 0 Å².